The van der Waals surface area contributed by atoms with E-state index in [0.29, 0.717) is 24.3 Å². The molecule has 4 rings (SSSR count). The van der Waals surface area contributed by atoms with E-state index in [0.717, 1.165) is 16.7 Å². The summed E-state index contributed by atoms with van der Waals surface area (Å²) in [6, 6.07) is 24.9. The Morgan fingerprint density at radius 2 is 1.79 bits per heavy atom. The van der Waals surface area contributed by atoms with Gasteiger partial charge in [-0.15, -0.1) is 6.58 Å². The molecule has 0 aromatic heterocycles. The van der Waals surface area contributed by atoms with Gasteiger partial charge < -0.3 is 24.3 Å². The minimum Gasteiger partial charge on any atom is -0.463 e. The molecular weight excluding hydrogens is 482 g/mol. The Labute approximate surface area is 223 Å². The van der Waals surface area contributed by atoms with Crippen LogP contribution in [0.15, 0.2) is 91.5 Å². The van der Waals surface area contributed by atoms with E-state index in [9.17, 15) is 9.59 Å². The molecule has 7 nitrogen and oxygen atoms in total. The van der Waals surface area contributed by atoms with E-state index in [1.54, 1.807) is 13.1 Å². The zero-order chi connectivity index (χ0) is 26.9. The molecule has 4 atom stereocenters. The first kappa shape index (κ1) is 27.1. The minimum atomic E-state index is -0.738. The Kier molecular flexibility index (Phi) is 9.30. The van der Waals surface area contributed by atoms with Crippen LogP contribution in [0.25, 0.3) is 11.1 Å². The fourth-order valence-electron chi connectivity index (χ4n) is 4.42. The van der Waals surface area contributed by atoms with Crippen LogP contribution in [-0.4, -0.2) is 44.0 Å². The Hall–Kier alpha value is -3.94. The van der Waals surface area contributed by atoms with E-state index in [-0.39, 0.29) is 30.5 Å². The molecule has 38 heavy (non-hydrogen) atoms. The van der Waals surface area contributed by atoms with E-state index in [2.05, 4.69) is 11.9 Å². The second-order valence-corrected chi connectivity index (χ2v) is 9.13. The SMILES string of the molecule is C=CC1CC(COC(C)=O)OC(Oc2ccc(-c3cccc(C(=O)NC)c3)cc2)C1OCc1ccccc1. The smallest absolute Gasteiger partial charge is 0.302 e. The van der Waals surface area contributed by atoms with Gasteiger partial charge in [-0.3, -0.25) is 9.59 Å². The number of rotatable bonds is 10. The second-order valence-electron chi connectivity index (χ2n) is 9.13. The maximum absolute atomic E-state index is 12.0. The Morgan fingerprint density at radius 3 is 2.47 bits per heavy atom. The molecule has 0 aliphatic carbocycles. The molecule has 1 heterocycles. The lowest BCUT2D eigenvalue weighted by atomic mass is 9.92. The van der Waals surface area contributed by atoms with Gasteiger partial charge >= 0.3 is 5.97 Å². The van der Waals surface area contributed by atoms with Gasteiger partial charge in [0.05, 0.1) is 12.7 Å². The zero-order valence-electron chi connectivity index (χ0n) is 21.7. The van der Waals surface area contributed by atoms with Gasteiger partial charge in [0.15, 0.2) is 0 Å². The van der Waals surface area contributed by atoms with Crippen molar-refractivity contribution in [2.45, 2.75) is 38.4 Å². The molecule has 1 amide bonds. The molecule has 1 aliphatic rings. The Balaban J connectivity index is 1.52. The van der Waals surface area contributed by atoms with E-state index in [1.165, 1.54) is 6.92 Å². The highest BCUT2D eigenvalue weighted by Gasteiger charge is 2.40. The lowest BCUT2D eigenvalue weighted by Crippen LogP contribution is -2.50. The lowest BCUT2D eigenvalue weighted by molar-refractivity contribution is -0.239. The van der Waals surface area contributed by atoms with E-state index < -0.39 is 12.4 Å². The average Bonchev–Trinajstić information content (AvgIpc) is 2.95. The van der Waals surface area contributed by atoms with Gasteiger partial charge in [0.1, 0.15) is 18.5 Å². The summed E-state index contributed by atoms with van der Waals surface area (Å²) in [6.07, 6.45) is 0.938. The van der Waals surface area contributed by atoms with Crippen molar-refractivity contribution in [1.29, 1.82) is 0 Å². The van der Waals surface area contributed by atoms with Crippen LogP contribution in [0.1, 0.15) is 29.3 Å². The third-order valence-corrected chi connectivity index (χ3v) is 6.40. The first-order chi connectivity index (χ1) is 18.5. The molecule has 1 N–H and O–H groups in total. The molecule has 0 radical (unpaired) electrons. The summed E-state index contributed by atoms with van der Waals surface area (Å²) < 4.78 is 24.0. The summed E-state index contributed by atoms with van der Waals surface area (Å²) in [5, 5.41) is 2.65. The maximum atomic E-state index is 12.0. The summed E-state index contributed by atoms with van der Waals surface area (Å²) in [6.45, 7) is 5.91. The Morgan fingerprint density at radius 1 is 1.03 bits per heavy atom. The van der Waals surface area contributed by atoms with Gasteiger partial charge in [0.25, 0.3) is 5.91 Å². The zero-order valence-corrected chi connectivity index (χ0v) is 21.7. The highest BCUT2D eigenvalue weighted by molar-refractivity contribution is 5.95. The van der Waals surface area contributed by atoms with Crippen LogP contribution < -0.4 is 10.1 Å². The average molecular weight is 516 g/mol. The van der Waals surface area contributed by atoms with Crippen molar-refractivity contribution in [3.05, 3.63) is 103 Å². The summed E-state index contributed by atoms with van der Waals surface area (Å²) in [5.41, 5.74) is 3.50. The fourth-order valence-corrected chi connectivity index (χ4v) is 4.42. The van der Waals surface area contributed by atoms with Crippen LogP contribution in [0.3, 0.4) is 0 Å². The fraction of sp³-hybridized carbons (Fsp3) is 0.290. The third-order valence-electron chi connectivity index (χ3n) is 6.40. The van der Waals surface area contributed by atoms with Crippen molar-refractivity contribution in [1.82, 2.24) is 5.32 Å². The highest BCUT2D eigenvalue weighted by Crippen LogP contribution is 2.32. The number of hydrogen-bond donors (Lipinski definition) is 1. The summed E-state index contributed by atoms with van der Waals surface area (Å²) in [4.78, 5) is 23.4. The number of nitrogens with one attached hydrogen (secondary N) is 1. The predicted molar refractivity (Wildman–Crippen MR) is 145 cm³/mol. The predicted octanol–water partition coefficient (Wildman–Crippen LogP) is 5.16. The molecule has 0 bridgehead atoms. The largest absolute Gasteiger partial charge is 0.463 e. The van der Waals surface area contributed by atoms with Crippen molar-refractivity contribution >= 4 is 11.9 Å². The van der Waals surface area contributed by atoms with Crippen molar-refractivity contribution < 1.29 is 28.5 Å². The topological polar surface area (TPSA) is 83.1 Å². The summed E-state index contributed by atoms with van der Waals surface area (Å²) >= 11 is 0. The Bertz CT molecular complexity index is 1230. The molecule has 1 saturated heterocycles. The molecule has 198 valence electrons. The van der Waals surface area contributed by atoms with Crippen LogP contribution in [0.4, 0.5) is 0 Å². The highest BCUT2D eigenvalue weighted by atomic mass is 16.7. The first-order valence-corrected chi connectivity index (χ1v) is 12.6. The molecule has 3 aromatic rings. The van der Waals surface area contributed by atoms with E-state index in [1.807, 2.05) is 78.9 Å². The van der Waals surface area contributed by atoms with Gasteiger partial charge in [-0.25, -0.2) is 0 Å². The van der Waals surface area contributed by atoms with Crippen LogP contribution in [0.2, 0.25) is 0 Å². The van der Waals surface area contributed by atoms with Crippen molar-refractivity contribution in [2.75, 3.05) is 13.7 Å². The van der Waals surface area contributed by atoms with Crippen LogP contribution in [0, 0.1) is 5.92 Å². The van der Waals surface area contributed by atoms with E-state index in [4.69, 9.17) is 18.9 Å². The van der Waals surface area contributed by atoms with Gasteiger partial charge in [-0.1, -0.05) is 60.7 Å². The number of amides is 1. The molecule has 4 unspecified atom stereocenters. The van der Waals surface area contributed by atoms with Crippen molar-refractivity contribution in [3.63, 3.8) is 0 Å². The molecule has 3 aromatic carbocycles. The van der Waals surface area contributed by atoms with Crippen molar-refractivity contribution in [2.24, 2.45) is 5.92 Å². The van der Waals surface area contributed by atoms with Crippen molar-refractivity contribution in [3.8, 4) is 16.9 Å². The van der Waals surface area contributed by atoms with Crippen LogP contribution >= 0.6 is 0 Å². The molecular formula is C31H33NO6. The number of benzene rings is 3. The molecule has 0 spiro atoms. The van der Waals surface area contributed by atoms with Crippen LogP contribution in [0.5, 0.6) is 5.75 Å². The lowest BCUT2D eigenvalue weighted by Gasteiger charge is -2.40. The van der Waals surface area contributed by atoms with Gasteiger partial charge in [0.2, 0.25) is 6.29 Å². The van der Waals surface area contributed by atoms with Gasteiger partial charge in [0, 0.05) is 25.5 Å². The minimum absolute atomic E-state index is 0.0651. The number of carbonyl (C=O) groups is 2. The maximum Gasteiger partial charge on any atom is 0.302 e. The molecule has 1 aliphatic heterocycles. The monoisotopic (exact) mass is 515 g/mol. The second kappa shape index (κ2) is 13.0. The van der Waals surface area contributed by atoms with Gasteiger partial charge in [-0.2, -0.15) is 0 Å². The molecule has 0 saturated carbocycles. The quantitative estimate of drug-likeness (QED) is 0.297. The number of hydrogen-bond acceptors (Lipinski definition) is 6. The number of ether oxygens (including phenoxy) is 4. The third kappa shape index (κ3) is 7.09. The first-order valence-electron chi connectivity index (χ1n) is 12.6. The molecule has 7 heteroatoms. The number of carbonyl (C=O) groups excluding carboxylic acids is 2. The normalized spacial score (nSPS) is 20.8. The number of esters is 1. The van der Waals surface area contributed by atoms with Gasteiger partial charge in [-0.05, 0) is 47.4 Å². The van der Waals surface area contributed by atoms with E-state index >= 15 is 0 Å². The standard InChI is InChI=1S/C31H33NO6/c1-4-23-18-28(20-35-21(2)33)38-31(29(23)36-19-22-9-6-5-7-10-22)37-27-15-13-24(14-16-27)25-11-8-12-26(17-25)30(34)32-3/h4-17,23,28-29,31H,1,18-20H2,2-3H3,(H,32,34). The van der Waals surface area contributed by atoms with Crippen LogP contribution in [-0.2, 0) is 25.6 Å². The molecule has 1 fully saturated rings. The summed E-state index contributed by atoms with van der Waals surface area (Å²) in [5.74, 6) is 0.0397. The summed E-state index contributed by atoms with van der Waals surface area (Å²) in [7, 11) is 1.61.